The van der Waals surface area contributed by atoms with Gasteiger partial charge in [0.25, 0.3) is 5.92 Å². The van der Waals surface area contributed by atoms with Gasteiger partial charge in [0.15, 0.2) is 0 Å². The Morgan fingerprint density at radius 2 is 1.94 bits per heavy atom. The number of rotatable bonds is 8. The minimum Gasteiger partial charge on any atom is -0.315 e. The summed E-state index contributed by atoms with van der Waals surface area (Å²) in [7, 11) is 0. The van der Waals surface area contributed by atoms with E-state index < -0.39 is 5.92 Å². The maximum Gasteiger partial charge on any atom is 0.261 e. The predicted octanol–water partition coefficient (Wildman–Crippen LogP) is 5.48. The van der Waals surface area contributed by atoms with Gasteiger partial charge in [-0.05, 0) is 37.5 Å². The van der Waals surface area contributed by atoms with Crippen LogP contribution in [0.5, 0.6) is 0 Å². The van der Waals surface area contributed by atoms with E-state index in [2.05, 4.69) is 25.6 Å². The predicted molar refractivity (Wildman–Crippen MR) is 136 cm³/mol. The number of halogens is 2. The van der Waals surface area contributed by atoms with Crippen molar-refractivity contribution in [2.45, 2.75) is 56.9 Å². The van der Waals surface area contributed by atoms with Crippen LogP contribution in [0.4, 0.5) is 19.7 Å². The molecule has 1 saturated heterocycles. The molecule has 4 aromatic rings. The molecule has 0 amide bonds. The van der Waals surface area contributed by atoms with E-state index in [0.717, 1.165) is 38.7 Å². The van der Waals surface area contributed by atoms with Crippen LogP contribution in [-0.4, -0.2) is 60.4 Å². The van der Waals surface area contributed by atoms with Crippen LogP contribution >= 0.6 is 11.3 Å². The summed E-state index contributed by atoms with van der Waals surface area (Å²) < 4.78 is 28.6. The van der Waals surface area contributed by atoms with Gasteiger partial charge in [-0.15, -0.1) is 10.2 Å². The summed E-state index contributed by atoms with van der Waals surface area (Å²) in [5.74, 6) is -1.29. The zero-order valence-electron chi connectivity index (χ0n) is 19.9. The first-order valence-electron chi connectivity index (χ1n) is 12.5. The van der Waals surface area contributed by atoms with Gasteiger partial charge in [-0.2, -0.15) is 5.10 Å². The van der Waals surface area contributed by atoms with Crippen molar-refractivity contribution in [3.05, 3.63) is 41.8 Å². The van der Waals surface area contributed by atoms with Crippen LogP contribution in [-0.2, 0) is 6.54 Å². The van der Waals surface area contributed by atoms with Crippen molar-refractivity contribution in [2.24, 2.45) is 0 Å². The molecule has 0 unspecified atom stereocenters. The minimum atomic E-state index is -2.54. The van der Waals surface area contributed by atoms with Crippen LogP contribution in [0, 0.1) is 0 Å². The number of hydrogen-bond donors (Lipinski definition) is 1. The van der Waals surface area contributed by atoms with E-state index in [9.17, 15) is 8.78 Å². The Bertz CT molecular complexity index is 1350. The number of hydrogen-bond acceptors (Lipinski definition) is 8. The van der Waals surface area contributed by atoms with Gasteiger partial charge >= 0.3 is 0 Å². The normalized spacial score (nSPS) is 18.4. The van der Waals surface area contributed by atoms with E-state index in [4.69, 9.17) is 4.98 Å². The van der Waals surface area contributed by atoms with Crippen LogP contribution in [0.25, 0.3) is 22.2 Å². The number of likely N-dealkylation sites (tertiary alicyclic amines) is 1. The van der Waals surface area contributed by atoms with E-state index in [-0.39, 0.29) is 13.0 Å². The molecule has 0 atom stereocenters. The Morgan fingerprint density at radius 3 is 2.78 bits per heavy atom. The fourth-order valence-electron chi connectivity index (χ4n) is 5.06. The van der Waals surface area contributed by atoms with E-state index in [0.29, 0.717) is 31.4 Å². The first kappa shape index (κ1) is 23.4. The molecule has 11 heteroatoms. The highest BCUT2D eigenvalue weighted by Crippen LogP contribution is 2.37. The maximum atomic E-state index is 13.4. The SMILES string of the molecule is FC1(F)CCN(CCCn2cc(-c3cnc4ccc(Nc5nnc(C6CCCC6)s5)nc4c3)cn2)C1. The summed E-state index contributed by atoms with van der Waals surface area (Å²) in [5, 5.41) is 18.3. The lowest BCUT2D eigenvalue weighted by Gasteiger charge is -2.15. The summed E-state index contributed by atoms with van der Waals surface area (Å²) in [6, 6.07) is 5.85. The number of fused-ring (bicyclic) bond motifs is 1. The largest absolute Gasteiger partial charge is 0.315 e. The minimum absolute atomic E-state index is 0.0403. The van der Waals surface area contributed by atoms with Gasteiger partial charge in [-0.25, -0.2) is 13.8 Å². The lowest BCUT2D eigenvalue weighted by Crippen LogP contribution is -2.26. The molecule has 0 bridgehead atoms. The van der Waals surface area contributed by atoms with Gasteiger partial charge in [0.2, 0.25) is 5.13 Å². The van der Waals surface area contributed by atoms with Crippen LogP contribution in [0.3, 0.4) is 0 Å². The number of aryl methyl sites for hydroxylation is 1. The van der Waals surface area contributed by atoms with Gasteiger partial charge < -0.3 is 5.32 Å². The first-order chi connectivity index (χ1) is 17.5. The van der Waals surface area contributed by atoms with E-state index in [1.807, 2.05) is 40.2 Å². The van der Waals surface area contributed by atoms with Crippen molar-refractivity contribution in [2.75, 3.05) is 25.0 Å². The lowest BCUT2D eigenvalue weighted by atomic mass is 10.1. The molecule has 0 radical (unpaired) electrons. The van der Waals surface area contributed by atoms with Crippen LogP contribution in [0.1, 0.15) is 49.5 Å². The smallest absolute Gasteiger partial charge is 0.261 e. The Balaban J connectivity index is 1.11. The molecule has 4 aromatic heterocycles. The lowest BCUT2D eigenvalue weighted by molar-refractivity contribution is 0.0120. The molecule has 8 nitrogen and oxygen atoms in total. The Hall–Kier alpha value is -3.05. The number of pyridine rings is 2. The summed E-state index contributed by atoms with van der Waals surface area (Å²) in [6.07, 6.45) is 11.3. The molecule has 1 saturated carbocycles. The maximum absolute atomic E-state index is 13.4. The Kier molecular flexibility index (Phi) is 6.34. The van der Waals surface area contributed by atoms with Gasteiger partial charge in [0, 0.05) is 55.5 Å². The van der Waals surface area contributed by atoms with Gasteiger partial charge in [-0.3, -0.25) is 14.6 Å². The molecule has 6 rings (SSSR count). The standard InChI is InChI=1S/C25H28F2N8S/c26-25(27)8-11-34(16-25)9-3-10-35-15-19(14-29-35)18-12-21-20(28-13-18)6-7-22(30-21)31-24-33-32-23(36-24)17-4-1-2-5-17/h6-7,12-15,17H,1-5,8-11,16H2,(H,30,31,33). The third kappa shape index (κ3) is 5.22. The second-order valence-corrected chi connectivity index (χ2v) is 10.7. The number of alkyl halides is 2. The number of nitrogens with zero attached hydrogens (tertiary/aromatic N) is 7. The number of anilines is 2. The van der Waals surface area contributed by atoms with Crippen molar-refractivity contribution in [1.82, 2.24) is 34.8 Å². The second-order valence-electron chi connectivity index (χ2n) is 9.74. The number of nitrogens with one attached hydrogen (secondary N) is 1. The molecule has 2 aliphatic rings. The monoisotopic (exact) mass is 510 g/mol. The second kappa shape index (κ2) is 9.78. The molecule has 2 fully saturated rings. The molecule has 5 heterocycles. The van der Waals surface area contributed by atoms with Crippen molar-refractivity contribution in [1.29, 1.82) is 0 Å². The molecule has 0 spiro atoms. The molecule has 1 N–H and O–H groups in total. The molecule has 1 aliphatic heterocycles. The quantitative estimate of drug-likeness (QED) is 0.336. The zero-order valence-corrected chi connectivity index (χ0v) is 20.7. The highest BCUT2D eigenvalue weighted by atomic mass is 32.1. The molecule has 0 aromatic carbocycles. The zero-order chi connectivity index (χ0) is 24.5. The molecular weight excluding hydrogens is 482 g/mol. The molecular formula is C25H28F2N8S. The van der Waals surface area contributed by atoms with Gasteiger partial charge in [-0.1, -0.05) is 24.2 Å². The van der Waals surface area contributed by atoms with Crippen molar-refractivity contribution in [3.8, 4) is 11.1 Å². The molecule has 1 aliphatic carbocycles. The summed E-state index contributed by atoms with van der Waals surface area (Å²) in [4.78, 5) is 11.1. The van der Waals surface area contributed by atoms with E-state index >= 15 is 0 Å². The Morgan fingerprint density at radius 1 is 1.06 bits per heavy atom. The topological polar surface area (TPSA) is 84.7 Å². The summed E-state index contributed by atoms with van der Waals surface area (Å²) in [6.45, 7) is 1.66. The molecule has 188 valence electrons. The third-order valence-electron chi connectivity index (χ3n) is 6.99. The van der Waals surface area contributed by atoms with Crippen molar-refractivity contribution < 1.29 is 8.78 Å². The van der Waals surface area contributed by atoms with Crippen molar-refractivity contribution in [3.63, 3.8) is 0 Å². The van der Waals surface area contributed by atoms with Crippen LogP contribution < -0.4 is 5.32 Å². The highest BCUT2D eigenvalue weighted by Gasteiger charge is 2.37. The van der Waals surface area contributed by atoms with Gasteiger partial charge in [0.1, 0.15) is 10.8 Å². The number of aromatic nitrogens is 6. The highest BCUT2D eigenvalue weighted by molar-refractivity contribution is 7.15. The van der Waals surface area contributed by atoms with Crippen LogP contribution in [0.2, 0.25) is 0 Å². The van der Waals surface area contributed by atoms with E-state index in [1.165, 1.54) is 25.7 Å². The molecule has 36 heavy (non-hydrogen) atoms. The van der Waals surface area contributed by atoms with Gasteiger partial charge in [0.05, 0.1) is 23.8 Å². The van der Waals surface area contributed by atoms with E-state index in [1.54, 1.807) is 17.5 Å². The average molecular weight is 511 g/mol. The summed E-state index contributed by atoms with van der Waals surface area (Å²) >= 11 is 1.61. The first-order valence-corrected chi connectivity index (χ1v) is 13.3. The summed E-state index contributed by atoms with van der Waals surface area (Å²) in [5.41, 5.74) is 3.46. The fourth-order valence-corrected chi connectivity index (χ4v) is 5.97. The van der Waals surface area contributed by atoms with Crippen LogP contribution in [0.15, 0.2) is 36.8 Å². The van der Waals surface area contributed by atoms with Crippen molar-refractivity contribution >= 4 is 33.3 Å². The fraction of sp³-hybridized carbons (Fsp3) is 0.480. The average Bonchev–Trinajstić information content (AvgIpc) is 3.67. The Labute approximate surface area is 211 Å². The third-order valence-corrected chi connectivity index (χ3v) is 8.00.